The van der Waals surface area contributed by atoms with Crippen LogP contribution < -0.4 is 11.1 Å². The number of alkyl carbamates (subject to hydrolysis) is 1. The molecule has 0 aromatic carbocycles. The van der Waals surface area contributed by atoms with Crippen LogP contribution in [0, 0.1) is 11.8 Å². The Morgan fingerprint density at radius 3 is 2.89 bits per heavy atom. The first kappa shape index (κ1) is 14.8. The van der Waals surface area contributed by atoms with Gasteiger partial charge in [-0.25, -0.2) is 4.79 Å². The van der Waals surface area contributed by atoms with Crippen LogP contribution in [-0.2, 0) is 4.74 Å². The Kier molecular flexibility index (Phi) is 5.19. The van der Waals surface area contributed by atoms with Crippen LogP contribution in [0.2, 0.25) is 0 Å². The molecular formula is C14H19N3O2. The standard InChI is InChI=1S/C14H19N3O2/c1-14(2,3)19-13(18)17-8-5-4-6-11-10-16-9-7-12(11)15/h7,9-10H,5,8H2,1-3H3,(H2,15,16)(H,17,18). The number of nitrogens with zero attached hydrogens (tertiary/aromatic N) is 1. The molecule has 0 bridgehead atoms. The first-order valence-electron chi connectivity index (χ1n) is 6.04. The van der Waals surface area contributed by atoms with Gasteiger partial charge < -0.3 is 15.8 Å². The molecule has 102 valence electrons. The lowest BCUT2D eigenvalue weighted by molar-refractivity contribution is 0.0529. The second-order valence-electron chi connectivity index (χ2n) is 4.94. The van der Waals surface area contributed by atoms with E-state index in [2.05, 4.69) is 22.1 Å². The first-order chi connectivity index (χ1) is 8.88. The summed E-state index contributed by atoms with van der Waals surface area (Å²) in [5.74, 6) is 5.83. The van der Waals surface area contributed by atoms with Crippen molar-refractivity contribution in [2.24, 2.45) is 0 Å². The quantitative estimate of drug-likeness (QED) is 0.630. The highest BCUT2D eigenvalue weighted by atomic mass is 16.6. The molecule has 0 saturated heterocycles. The fourth-order valence-electron chi connectivity index (χ4n) is 1.21. The van der Waals surface area contributed by atoms with Gasteiger partial charge in [-0.05, 0) is 26.8 Å². The van der Waals surface area contributed by atoms with Crippen LogP contribution in [0.1, 0.15) is 32.8 Å². The van der Waals surface area contributed by atoms with Gasteiger partial charge in [-0.15, -0.1) is 0 Å². The Hall–Kier alpha value is -2.22. The summed E-state index contributed by atoms with van der Waals surface area (Å²) in [6.07, 6.45) is 3.32. The van der Waals surface area contributed by atoms with Crippen molar-refractivity contribution in [3.8, 4) is 11.8 Å². The Balaban J connectivity index is 2.33. The monoisotopic (exact) mass is 261 g/mol. The number of carbonyl (C=O) groups excluding carboxylic acids is 1. The largest absolute Gasteiger partial charge is 0.444 e. The zero-order chi connectivity index (χ0) is 14.3. The van der Waals surface area contributed by atoms with E-state index in [0.717, 1.165) is 0 Å². The van der Waals surface area contributed by atoms with Gasteiger partial charge in [0.2, 0.25) is 0 Å². The lowest BCUT2D eigenvalue weighted by atomic mass is 10.2. The predicted molar refractivity (Wildman–Crippen MR) is 74.4 cm³/mol. The number of nitrogens with two attached hydrogens (primary N) is 1. The molecule has 0 aliphatic rings. The van der Waals surface area contributed by atoms with Gasteiger partial charge in [0.15, 0.2) is 0 Å². The van der Waals surface area contributed by atoms with E-state index in [1.807, 2.05) is 20.8 Å². The molecule has 0 saturated carbocycles. The molecule has 0 radical (unpaired) electrons. The number of anilines is 1. The van der Waals surface area contributed by atoms with Crippen LogP contribution in [0.5, 0.6) is 0 Å². The lowest BCUT2D eigenvalue weighted by Crippen LogP contribution is -2.32. The van der Waals surface area contributed by atoms with E-state index in [1.54, 1.807) is 18.5 Å². The average molecular weight is 261 g/mol. The van der Waals surface area contributed by atoms with Gasteiger partial charge in [-0.2, -0.15) is 0 Å². The topological polar surface area (TPSA) is 77.2 Å². The molecule has 0 fully saturated rings. The normalized spacial score (nSPS) is 10.3. The Morgan fingerprint density at radius 2 is 2.26 bits per heavy atom. The van der Waals surface area contributed by atoms with Crippen LogP contribution in [0.25, 0.3) is 0 Å². The number of amides is 1. The van der Waals surface area contributed by atoms with Crippen molar-refractivity contribution < 1.29 is 9.53 Å². The third-order valence-electron chi connectivity index (χ3n) is 2.00. The number of hydrogen-bond acceptors (Lipinski definition) is 4. The van der Waals surface area contributed by atoms with Crippen LogP contribution >= 0.6 is 0 Å². The maximum atomic E-state index is 11.3. The Bertz CT molecular complexity index is 495. The molecule has 1 aromatic heterocycles. The highest BCUT2D eigenvalue weighted by molar-refractivity contribution is 5.67. The van der Waals surface area contributed by atoms with E-state index in [-0.39, 0.29) is 0 Å². The average Bonchev–Trinajstić information content (AvgIpc) is 2.28. The predicted octanol–water partition coefficient (Wildman–Crippen LogP) is 1.93. The van der Waals surface area contributed by atoms with Crippen LogP contribution in [0.3, 0.4) is 0 Å². The second kappa shape index (κ2) is 6.64. The van der Waals surface area contributed by atoms with Gasteiger partial charge in [0.1, 0.15) is 5.60 Å². The smallest absolute Gasteiger partial charge is 0.407 e. The number of ether oxygens (including phenoxy) is 1. The Morgan fingerprint density at radius 1 is 1.53 bits per heavy atom. The maximum Gasteiger partial charge on any atom is 0.407 e. The van der Waals surface area contributed by atoms with Crippen LogP contribution in [0.4, 0.5) is 10.5 Å². The highest BCUT2D eigenvalue weighted by Gasteiger charge is 2.15. The molecule has 3 N–H and O–H groups in total. The van der Waals surface area contributed by atoms with Crippen molar-refractivity contribution in [2.45, 2.75) is 32.8 Å². The van der Waals surface area contributed by atoms with Gasteiger partial charge in [0.05, 0.1) is 11.3 Å². The first-order valence-corrected chi connectivity index (χ1v) is 6.04. The second-order valence-corrected chi connectivity index (χ2v) is 4.94. The van der Waals surface area contributed by atoms with E-state index in [1.165, 1.54) is 0 Å². The molecule has 0 aliphatic carbocycles. The summed E-state index contributed by atoms with van der Waals surface area (Å²) < 4.78 is 5.09. The number of nitrogens with one attached hydrogen (secondary N) is 1. The molecule has 0 aliphatic heterocycles. The molecule has 0 unspecified atom stereocenters. The van der Waals surface area contributed by atoms with Gasteiger partial charge in [-0.1, -0.05) is 11.8 Å². The van der Waals surface area contributed by atoms with E-state index < -0.39 is 11.7 Å². The number of pyridine rings is 1. The zero-order valence-electron chi connectivity index (χ0n) is 11.5. The number of rotatable bonds is 2. The molecule has 5 heteroatoms. The van der Waals surface area contributed by atoms with Crippen molar-refractivity contribution in [3.05, 3.63) is 24.0 Å². The molecule has 1 rings (SSSR count). The van der Waals surface area contributed by atoms with E-state index in [0.29, 0.717) is 24.2 Å². The number of nitrogen functional groups attached to an aromatic ring is 1. The molecule has 0 atom stereocenters. The van der Waals surface area contributed by atoms with Gasteiger partial charge in [-0.3, -0.25) is 4.98 Å². The number of aromatic nitrogens is 1. The summed E-state index contributed by atoms with van der Waals surface area (Å²) in [7, 11) is 0. The summed E-state index contributed by atoms with van der Waals surface area (Å²) >= 11 is 0. The summed E-state index contributed by atoms with van der Waals surface area (Å²) in [5.41, 5.74) is 6.53. The molecule has 1 aromatic rings. The van der Waals surface area contributed by atoms with Crippen molar-refractivity contribution in [3.63, 3.8) is 0 Å². The lowest BCUT2D eigenvalue weighted by Gasteiger charge is -2.19. The van der Waals surface area contributed by atoms with E-state index in [9.17, 15) is 4.79 Å². The highest BCUT2D eigenvalue weighted by Crippen LogP contribution is 2.07. The van der Waals surface area contributed by atoms with Gasteiger partial charge in [0, 0.05) is 25.4 Å². The number of hydrogen-bond donors (Lipinski definition) is 2. The molecule has 1 heterocycles. The Labute approximate surface area is 113 Å². The zero-order valence-corrected chi connectivity index (χ0v) is 11.5. The van der Waals surface area contributed by atoms with Crippen molar-refractivity contribution >= 4 is 11.8 Å². The fourth-order valence-corrected chi connectivity index (χ4v) is 1.21. The van der Waals surface area contributed by atoms with Crippen molar-refractivity contribution in [1.29, 1.82) is 0 Å². The fraction of sp³-hybridized carbons (Fsp3) is 0.429. The van der Waals surface area contributed by atoms with Gasteiger partial charge >= 0.3 is 6.09 Å². The minimum atomic E-state index is -0.486. The third kappa shape index (κ3) is 6.32. The summed E-state index contributed by atoms with van der Waals surface area (Å²) in [6.45, 7) is 5.88. The molecule has 1 amide bonds. The molecule has 0 spiro atoms. The van der Waals surface area contributed by atoms with Crippen molar-refractivity contribution in [2.75, 3.05) is 12.3 Å². The summed E-state index contributed by atoms with van der Waals surface area (Å²) in [4.78, 5) is 15.3. The van der Waals surface area contributed by atoms with Gasteiger partial charge in [0.25, 0.3) is 0 Å². The van der Waals surface area contributed by atoms with Crippen molar-refractivity contribution in [1.82, 2.24) is 10.3 Å². The minimum Gasteiger partial charge on any atom is -0.444 e. The minimum absolute atomic E-state index is 0.433. The van der Waals surface area contributed by atoms with Crippen LogP contribution in [0.15, 0.2) is 18.5 Å². The SMILES string of the molecule is CC(C)(C)OC(=O)NCCC#Cc1cnccc1N. The van der Waals surface area contributed by atoms with E-state index >= 15 is 0 Å². The van der Waals surface area contributed by atoms with Crippen LogP contribution in [-0.4, -0.2) is 23.2 Å². The number of carbonyl (C=O) groups is 1. The van der Waals surface area contributed by atoms with E-state index in [4.69, 9.17) is 10.5 Å². The summed E-state index contributed by atoms with van der Waals surface area (Å²) in [5, 5.41) is 2.63. The molecule has 19 heavy (non-hydrogen) atoms. The molecular weight excluding hydrogens is 242 g/mol. The molecule has 5 nitrogen and oxygen atoms in total. The third-order valence-corrected chi connectivity index (χ3v) is 2.00. The summed E-state index contributed by atoms with van der Waals surface area (Å²) in [6, 6.07) is 1.70. The maximum absolute atomic E-state index is 11.3.